The van der Waals surface area contributed by atoms with Gasteiger partial charge in [0.2, 0.25) is 0 Å². The van der Waals surface area contributed by atoms with Gasteiger partial charge in [-0.05, 0) is 56.5 Å². The Morgan fingerprint density at radius 3 is 2.05 bits per heavy atom. The van der Waals surface area contributed by atoms with Gasteiger partial charge in [-0.15, -0.1) is 11.6 Å². The van der Waals surface area contributed by atoms with Crippen molar-refractivity contribution in [2.24, 2.45) is 0 Å². The second-order valence-electron chi connectivity index (χ2n) is 5.51. The van der Waals surface area contributed by atoms with E-state index in [9.17, 15) is 5.11 Å². The molecule has 2 rings (SSSR count). The summed E-state index contributed by atoms with van der Waals surface area (Å²) in [5, 5.41) is 10.4. The first-order chi connectivity index (χ1) is 10.0. The van der Waals surface area contributed by atoms with Gasteiger partial charge in [0.25, 0.3) is 0 Å². The maximum absolute atomic E-state index is 10.4. The molecule has 0 aliphatic rings. The van der Waals surface area contributed by atoms with E-state index >= 15 is 0 Å². The molecule has 0 amide bonds. The molecule has 0 heterocycles. The zero-order chi connectivity index (χ0) is 15.3. The van der Waals surface area contributed by atoms with Gasteiger partial charge in [-0.3, -0.25) is 0 Å². The fourth-order valence-corrected chi connectivity index (χ4v) is 2.31. The number of hydrogen-bond acceptors (Lipinski definition) is 2. The van der Waals surface area contributed by atoms with E-state index in [0.29, 0.717) is 12.3 Å². The van der Waals surface area contributed by atoms with Crippen molar-refractivity contribution in [1.29, 1.82) is 0 Å². The van der Waals surface area contributed by atoms with Crippen molar-refractivity contribution in [2.45, 2.75) is 32.3 Å². The van der Waals surface area contributed by atoms with Gasteiger partial charge in [-0.2, -0.15) is 0 Å². The predicted octanol–water partition coefficient (Wildman–Crippen LogP) is 5.01. The second kappa shape index (κ2) is 6.97. The van der Waals surface area contributed by atoms with Crippen LogP contribution in [0.4, 0.5) is 0 Å². The smallest absolute Gasteiger partial charge is 0.127 e. The van der Waals surface area contributed by atoms with Crippen LogP contribution in [0.15, 0.2) is 48.5 Å². The SMILES string of the molecule is Cc1ccc(Oc2ccc(C(C)(O)CCCCl)cc2)cc1. The summed E-state index contributed by atoms with van der Waals surface area (Å²) in [5.74, 6) is 2.13. The van der Waals surface area contributed by atoms with Crippen LogP contribution in [-0.4, -0.2) is 11.0 Å². The molecule has 2 aromatic rings. The Bertz CT molecular complexity index is 559. The van der Waals surface area contributed by atoms with Crippen molar-refractivity contribution < 1.29 is 9.84 Å². The van der Waals surface area contributed by atoms with Crippen molar-refractivity contribution in [1.82, 2.24) is 0 Å². The molecule has 0 radical (unpaired) electrons. The molecule has 0 aliphatic carbocycles. The number of benzene rings is 2. The molecular formula is C18H21ClO2. The van der Waals surface area contributed by atoms with E-state index in [0.717, 1.165) is 23.5 Å². The number of alkyl halides is 1. The largest absolute Gasteiger partial charge is 0.457 e. The third kappa shape index (κ3) is 4.48. The van der Waals surface area contributed by atoms with Crippen LogP contribution in [0.1, 0.15) is 30.9 Å². The van der Waals surface area contributed by atoms with E-state index in [4.69, 9.17) is 16.3 Å². The molecular weight excluding hydrogens is 284 g/mol. The first kappa shape index (κ1) is 15.9. The average molecular weight is 305 g/mol. The van der Waals surface area contributed by atoms with Crippen LogP contribution in [-0.2, 0) is 5.60 Å². The lowest BCUT2D eigenvalue weighted by Crippen LogP contribution is -2.21. The van der Waals surface area contributed by atoms with E-state index < -0.39 is 5.60 Å². The summed E-state index contributed by atoms with van der Waals surface area (Å²) >= 11 is 5.69. The highest BCUT2D eigenvalue weighted by molar-refractivity contribution is 6.17. The minimum Gasteiger partial charge on any atom is -0.457 e. The Labute approximate surface area is 131 Å². The molecule has 1 unspecified atom stereocenters. The van der Waals surface area contributed by atoms with Gasteiger partial charge >= 0.3 is 0 Å². The van der Waals surface area contributed by atoms with Crippen LogP contribution >= 0.6 is 11.6 Å². The van der Waals surface area contributed by atoms with Gasteiger partial charge in [0.1, 0.15) is 11.5 Å². The van der Waals surface area contributed by atoms with Gasteiger partial charge < -0.3 is 9.84 Å². The average Bonchev–Trinajstić information content (AvgIpc) is 2.48. The Morgan fingerprint density at radius 1 is 1.00 bits per heavy atom. The molecule has 2 nitrogen and oxygen atoms in total. The van der Waals surface area contributed by atoms with Gasteiger partial charge in [-0.1, -0.05) is 29.8 Å². The maximum Gasteiger partial charge on any atom is 0.127 e. The zero-order valence-corrected chi connectivity index (χ0v) is 13.2. The van der Waals surface area contributed by atoms with Gasteiger partial charge in [0, 0.05) is 5.88 Å². The van der Waals surface area contributed by atoms with Crippen molar-refractivity contribution in [3.8, 4) is 11.5 Å². The third-order valence-corrected chi connectivity index (χ3v) is 3.80. The lowest BCUT2D eigenvalue weighted by molar-refractivity contribution is 0.0471. The van der Waals surface area contributed by atoms with E-state index in [-0.39, 0.29) is 0 Å². The molecule has 112 valence electrons. The Morgan fingerprint density at radius 2 is 1.52 bits per heavy atom. The molecule has 0 saturated carbocycles. The second-order valence-corrected chi connectivity index (χ2v) is 5.88. The van der Waals surface area contributed by atoms with Crippen LogP contribution in [0.2, 0.25) is 0 Å². The standard InChI is InChI=1S/C18H21ClO2/c1-14-4-8-16(9-5-14)21-17-10-6-15(7-11-17)18(2,20)12-3-13-19/h4-11,20H,3,12-13H2,1-2H3. The van der Waals surface area contributed by atoms with Crippen molar-refractivity contribution >= 4 is 11.6 Å². The summed E-state index contributed by atoms with van der Waals surface area (Å²) in [6, 6.07) is 15.5. The lowest BCUT2D eigenvalue weighted by Gasteiger charge is -2.23. The predicted molar refractivity (Wildman–Crippen MR) is 87.2 cm³/mol. The first-order valence-corrected chi connectivity index (χ1v) is 7.68. The summed E-state index contributed by atoms with van der Waals surface area (Å²) < 4.78 is 5.78. The van der Waals surface area contributed by atoms with E-state index in [2.05, 4.69) is 0 Å². The molecule has 0 saturated heterocycles. The number of ether oxygens (including phenoxy) is 1. The monoisotopic (exact) mass is 304 g/mol. The van der Waals surface area contributed by atoms with E-state index in [1.807, 2.05) is 62.4 Å². The van der Waals surface area contributed by atoms with Crippen LogP contribution in [0.25, 0.3) is 0 Å². The maximum atomic E-state index is 10.4. The normalized spacial score (nSPS) is 13.7. The van der Waals surface area contributed by atoms with E-state index in [1.54, 1.807) is 0 Å². The molecule has 3 heteroatoms. The number of halogens is 1. The quantitative estimate of drug-likeness (QED) is 0.760. The van der Waals surface area contributed by atoms with Crippen LogP contribution in [0, 0.1) is 6.92 Å². The third-order valence-electron chi connectivity index (χ3n) is 3.53. The van der Waals surface area contributed by atoms with Crippen LogP contribution in [0.3, 0.4) is 0 Å². The van der Waals surface area contributed by atoms with Gasteiger partial charge in [0.05, 0.1) is 5.60 Å². The molecule has 0 aromatic heterocycles. The molecule has 0 fully saturated rings. The van der Waals surface area contributed by atoms with E-state index in [1.165, 1.54) is 5.56 Å². The molecule has 1 N–H and O–H groups in total. The summed E-state index contributed by atoms with van der Waals surface area (Å²) in [4.78, 5) is 0. The van der Waals surface area contributed by atoms with Gasteiger partial charge in [-0.25, -0.2) is 0 Å². The summed E-state index contributed by atoms with van der Waals surface area (Å²) in [5.41, 5.74) is 1.23. The van der Waals surface area contributed by atoms with Gasteiger partial charge in [0.15, 0.2) is 0 Å². The van der Waals surface area contributed by atoms with Crippen LogP contribution < -0.4 is 4.74 Å². The summed E-state index contributed by atoms with van der Waals surface area (Å²) in [7, 11) is 0. The first-order valence-electron chi connectivity index (χ1n) is 7.15. The summed E-state index contributed by atoms with van der Waals surface area (Å²) in [6.07, 6.45) is 1.44. The highest BCUT2D eigenvalue weighted by Gasteiger charge is 2.22. The summed E-state index contributed by atoms with van der Waals surface area (Å²) in [6.45, 7) is 3.86. The topological polar surface area (TPSA) is 29.5 Å². The highest BCUT2D eigenvalue weighted by Crippen LogP contribution is 2.29. The Hall–Kier alpha value is -1.51. The molecule has 0 aliphatic heterocycles. The number of aryl methyl sites for hydroxylation is 1. The van der Waals surface area contributed by atoms with Crippen molar-refractivity contribution in [2.75, 3.05) is 5.88 Å². The number of aliphatic hydroxyl groups is 1. The molecule has 0 spiro atoms. The van der Waals surface area contributed by atoms with Crippen LogP contribution in [0.5, 0.6) is 11.5 Å². The number of hydrogen-bond donors (Lipinski definition) is 1. The zero-order valence-electron chi connectivity index (χ0n) is 12.5. The molecule has 2 aromatic carbocycles. The highest BCUT2D eigenvalue weighted by atomic mass is 35.5. The molecule has 21 heavy (non-hydrogen) atoms. The lowest BCUT2D eigenvalue weighted by atomic mass is 9.91. The molecule has 0 bridgehead atoms. The fraction of sp³-hybridized carbons (Fsp3) is 0.333. The Kier molecular flexibility index (Phi) is 5.27. The minimum atomic E-state index is -0.850. The molecule has 1 atom stereocenters. The Balaban J connectivity index is 2.06. The fourth-order valence-electron chi connectivity index (χ4n) is 2.18. The van der Waals surface area contributed by atoms with Crippen molar-refractivity contribution in [3.05, 3.63) is 59.7 Å². The van der Waals surface area contributed by atoms with Crippen molar-refractivity contribution in [3.63, 3.8) is 0 Å². The minimum absolute atomic E-state index is 0.560. The number of rotatable bonds is 6.